The molecule has 10 heteroatoms. The fourth-order valence-electron chi connectivity index (χ4n) is 3.67. The van der Waals surface area contributed by atoms with Gasteiger partial charge in [-0.2, -0.15) is 0 Å². The van der Waals surface area contributed by atoms with Gasteiger partial charge in [0.1, 0.15) is 59.1 Å². The van der Waals surface area contributed by atoms with Crippen LogP contribution in [-0.2, 0) is 4.74 Å². The zero-order valence-electron chi connectivity index (χ0n) is 16.2. The molecule has 0 spiro atoms. The molecule has 2 aromatic carbocycles. The van der Waals surface area contributed by atoms with Gasteiger partial charge in [0.2, 0.25) is 6.29 Å². The van der Waals surface area contributed by atoms with E-state index in [1.54, 1.807) is 24.3 Å². The van der Waals surface area contributed by atoms with Crippen LogP contribution in [0.2, 0.25) is 0 Å². The highest BCUT2D eigenvalue weighted by Crippen LogP contribution is 2.41. The van der Waals surface area contributed by atoms with E-state index >= 15 is 0 Å². The molecular formula is C21H22O10. The van der Waals surface area contributed by atoms with Crippen LogP contribution in [0.5, 0.6) is 23.0 Å². The van der Waals surface area contributed by atoms with Gasteiger partial charge in [-0.25, -0.2) is 0 Å². The van der Waals surface area contributed by atoms with Crippen molar-refractivity contribution >= 4 is 5.78 Å². The summed E-state index contributed by atoms with van der Waals surface area (Å²) in [5, 5.41) is 58.5. The number of phenols is 2. The van der Waals surface area contributed by atoms with E-state index < -0.39 is 43.4 Å². The van der Waals surface area contributed by atoms with Crippen molar-refractivity contribution in [2.24, 2.45) is 0 Å². The van der Waals surface area contributed by atoms with E-state index in [1.165, 1.54) is 6.07 Å². The number of Topliss-reactive ketones (excluding diaryl/α,β-unsaturated/α-hetero) is 1. The van der Waals surface area contributed by atoms with Gasteiger partial charge in [-0.05, 0) is 17.7 Å². The first-order chi connectivity index (χ1) is 14.8. The number of aliphatic hydroxyl groups excluding tert-OH is 4. The number of hydrogen-bond donors (Lipinski definition) is 6. The maximum atomic E-state index is 12.4. The summed E-state index contributed by atoms with van der Waals surface area (Å²) in [6.07, 6.45) is -7.63. The Bertz CT molecular complexity index is 957. The van der Waals surface area contributed by atoms with E-state index in [0.29, 0.717) is 5.56 Å². The molecule has 0 saturated carbocycles. The van der Waals surface area contributed by atoms with E-state index in [4.69, 9.17) is 14.2 Å². The van der Waals surface area contributed by atoms with Crippen LogP contribution in [-0.4, -0.2) is 73.7 Å². The predicted molar refractivity (Wildman–Crippen MR) is 103 cm³/mol. The van der Waals surface area contributed by atoms with Crippen molar-refractivity contribution in [1.29, 1.82) is 0 Å². The van der Waals surface area contributed by atoms with Crippen molar-refractivity contribution in [3.63, 3.8) is 0 Å². The minimum Gasteiger partial charge on any atom is -0.508 e. The number of benzene rings is 2. The number of aromatic hydroxyl groups is 2. The fraction of sp³-hybridized carbons (Fsp3) is 0.381. The summed E-state index contributed by atoms with van der Waals surface area (Å²) in [4.78, 5) is 12.4. The number of phenolic OH excluding ortho intramolecular Hbond substituents is 2. The van der Waals surface area contributed by atoms with Crippen LogP contribution in [0.1, 0.15) is 28.4 Å². The summed E-state index contributed by atoms with van der Waals surface area (Å²) in [6, 6.07) is 8.68. The second-order valence-corrected chi connectivity index (χ2v) is 7.46. The first-order valence-corrected chi connectivity index (χ1v) is 9.61. The number of aliphatic hydroxyl groups is 4. The van der Waals surface area contributed by atoms with Crippen LogP contribution in [0.25, 0.3) is 0 Å². The summed E-state index contributed by atoms with van der Waals surface area (Å²) >= 11 is 0. The molecule has 1 fully saturated rings. The lowest BCUT2D eigenvalue weighted by Crippen LogP contribution is -2.60. The first kappa shape index (κ1) is 21.3. The van der Waals surface area contributed by atoms with Gasteiger partial charge in [-0.3, -0.25) is 4.79 Å². The Labute approximate surface area is 176 Å². The van der Waals surface area contributed by atoms with E-state index in [2.05, 4.69) is 0 Å². The number of fused-ring (bicyclic) bond motifs is 1. The van der Waals surface area contributed by atoms with Crippen molar-refractivity contribution in [1.82, 2.24) is 0 Å². The highest BCUT2D eigenvalue weighted by molar-refractivity contribution is 6.02. The third-order valence-electron chi connectivity index (χ3n) is 5.34. The largest absolute Gasteiger partial charge is 0.508 e. The van der Waals surface area contributed by atoms with Gasteiger partial charge in [0.25, 0.3) is 0 Å². The molecule has 2 aliphatic heterocycles. The Morgan fingerprint density at radius 2 is 1.71 bits per heavy atom. The smallest absolute Gasteiger partial charge is 0.229 e. The molecule has 0 bridgehead atoms. The molecule has 6 N–H and O–H groups in total. The van der Waals surface area contributed by atoms with Gasteiger partial charge in [0.05, 0.1) is 13.0 Å². The van der Waals surface area contributed by atoms with Gasteiger partial charge >= 0.3 is 0 Å². The molecular weight excluding hydrogens is 412 g/mol. The molecule has 2 heterocycles. The van der Waals surface area contributed by atoms with Crippen LogP contribution >= 0.6 is 0 Å². The minimum absolute atomic E-state index is 0.0156. The van der Waals surface area contributed by atoms with Crippen molar-refractivity contribution < 1.29 is 49.6 Å². The molecule has 166 valence electrons. The normalized spacial score (nSPS) is 30.4. The maximum Gasteiger partial charge on any atom is 0.229 e. The SMILES string of the molecule is O=C1CC(c2ccc(O[C@@H]3O[C@H](CO)[C@@H](O)[C@H](O)[C@H]3O)cc2)Oc2cc(O)cc(O)c21. The van der Waals surface area contributed by atoms with E-state index in [0.717, 1.165) is 6.07 Å². The van der Waals surface area contributed by atoms with Gasteiger partial charge in [-0.1, -0.05) is 12.1 Å². The second-order valence-electron chi connectivity index (χ2n) is 7.46. The Hall–Kier alpha value is -2.89. The molecule has 1 saturated heterocycles. The highest BCUT2D eigenvalue weighted by Gasteiger charge is 2.44. The number of ether oxygens (including phenoxy) is 3. The summed E-state index contributed by atoms with van der Waals surface area (Å²) in [5.74, 6) is -0.550. The van der Waals surface area contributed by atoms with Crippen LogP contribution in [0.4, 0.5) is 0 Å². The lowest BCUT2D eigenvalue weighted by molar-refractivity contribution is -0.277. The number of rotatable bonds is 4. The average Bonchev–Trinajstić information content (AvgIpc) is 2.73. The fourth-order valence-corrected chi connectivity index (χ4v) is 3.67. The summed E-state index contributed by atoms with van der Waals surface area (Å²) < 4.78 is 16.6. The number of carbonyl (C=O) groups excluding carboxylic acids is 1. The molecule has 1 unspecified atom stereocenters. The standard InChI is InChI=1S/C21H22O10/c22-8-16-18(26)19(27)20(28)21(31-16)29-11-3-1-9(2-4-11)14-7-13(25)17-12(24)5-10(23)6-15(17)30-14/h1-6,14,16,18-24,26-28H,7-8H2/t14?,16-,18-,19+,20-,21-/m1/s1. The van der Waals surface area contributed by atoms with E-state index in [9.17, 15) is 35.4 Å². The van der Waals surface area contributed by atoms with Gasteiger partial charge in [0, 0.05) is 12.1 Å². The van der Waals surface area contributed by atoms with Crippen LogP contribution in [0.3, 0.4) is 0 Å². The molecule has 31 heavy (non-hydrogen) atoms. The Balaban J connectivity index is 1.48. The van der Waals surface area contributed by atoms with Crippen molar-refractivity contribution in [2.45, 2.75) is 43.2 Å². The molecule has 0 amide bonds. The van der Waals surface area contributed by atoms with Crippen LogP contribution in [0, 0.1) is 0 Å². The zero-order valence-corrected chi connectivity index (χ0v) is 16.2. The second kappa shape index (κ2) is 8.33. The van der Waals surface area contributed by atoms with Crippen LogP contribution < -0.4 is 9.47 Å². The predicted octanol–water partition coefficient (Wildman–Crippen LogP) is -0.0170. The Kier molecular flexibility index (Phi) is 5.73. The molecule has 4 rings (SSSR count). The lowest BCUT2D eigenvalue weighted by Gasteiger charge is -2.39. The molecule has 0 aliphatic carbocycles. The lowest BCUT2D eigenvalue weighted by atomic mass is 9.95. The molecule has 0 radical (unpaired) electrons. The first-order valence-electron chi connectivity index (χ1n) is 9.61. The maximum absolute atomic E-state index is 12.4. The van der Waals surface area contributed by atoms with Gasteiger partial charge < -0.3 is 44.8 Å². The molecule has 2 aliphatic rings. The number of carbonyl (C=O) groups is 1. The third-order valence-corrected chi connectivity index (χ3v) is 5.34. The topological polar surface area (TPSA) is 166 Å². The average molecular weight is 434 g/mol. The van der Waals surface area contributed by atoms with Crippen molar-refractivity contribution in [2.75, 3.05) is 6.61 Å². The number of hydrogen-bond acceptors (Lipinski definition) is 10. The van der Waals surface area contributed by atoms with E-state index in [-0.39, 0.29) is 40.8 Å². The van der Waals surface area contributed by atoms with Gasteiger partial charge in [0.15, 0.2) is 5.78 Å². The minimum atomic E-state index is -1.55. The van der Waals surface area contributed by atoms with Gasteiger partial charge in [-0.15, -0.1) is 0 Å². The monoisotopic (exact) mass is 434 g/mol. The molecule has 0 aromatic heterocycles. The Morgan fingerprint density at radius 1 is 1.00 bits per heavy atom. The molecule has 6 atom stereocenters. The third kappa shape index (κ3) is 4.03. The number of ketones is 1. The zero-order chi connectivity index (χ0) is 22.3. The van der Waals surface area contributed by atoms with E-state index in [1.807, 2.05) is 0 Å². The van der Waals surface area contributed by atoms with Crippen LogP contribution in [0.15, 0.2) is 36.4 Å². The summed E-state index contributed by atoms with van der Waals surface area (Å²) in [6.45, 7) is -0.566. The summed E-state index contributed by atoms with van der Waals surface area (Å²) in [7, 11) is 0. The highest BCUT2D eigenvalue weighted by atomic mass is 16.7. The van der Waals surface area contributed by atoms with Crippen molar-refractivity contribution in [3.8, 4) is 23.0 Å². The Morgan fingerprint density at radius 3 is 2.39 bits per heavy atom. The summed E-state index contributed by atoms with van der Waals surface area (Å²) in [5.41, 5.74) is 0.652. The molecule has 2 aromatic rings. The molecule has 10 nitrogen and oxygen atoms in total. The quantitative estimate of drug-likeness (QED) is 0.385. The van der Waals surface area contributed by atoms with Crippen molar-refractivity contribution in [3.05, 3.63) is 47.5 Å².